The van der Waals surface area contributed by atoms with Crippen molar-refractivity contribution in [3.63, 3.8) is 0 Å². The van der Waals surface area contributed by atoms with Crippen LogP contribution in [-0.2, 0) is 10.0 Å². The minimum Gasteiger partial charge on any atom is -0.497 e. The molecule has 0 unspecified atom stereocenters. The highest BCUT2D eigenvalue weighted by Gasteiger charge is 2.31. The molecule has 0 atom stereocenters. The molecule has 0 bridgehead atoms. The molecule has 0 saturated carbocycles. The lowest BCUT2D eigenvalue weighted by molar-refractivity contribution is 0.0697. The van der Waals surface area contributed by atoms with Crippen molar-refractivity contribution in [1.29, 1.82) is 0 Å². The van der Waals surface area contributed by atoms with Gasteiger partial charge >= 0.3 is 0 Å². The zero-order valence-corrected chi connectivity index (χ0v) is 19.3. The zero-order valence-electron chi connectivity index (χ0n) is 16.9. The number of carbonyl (C=O) groups is 1. The molecule has 0 aliphatic carbocycles. The van der Waals surface area contributed by atoms with Crippen molar-refractivity contribution in [2.45, 2.75) is 4.90 Å². The SMILES string of the molecule is COc1ccc(S(=O)(=O)N2CCN(C(=O)c3cc(OC)c(Br)c(OC)c3)CC2)cc1. The summed E-state index contributed by atoms with van der Waals surface area (Å²) in [5.41, 5.74) is 0.415. The molecule has 1 aliphatic rings. The van der Waals surface area contributed by atoms with Crippen molar-refractivity contribution in [2.75, 3.05) is 47.5 Å². The van der Waals surface area contributed by atoms with Crippen LogP contribution in [0.2, 0.25) is 0 Å². The molecular formula is C20H23BrN2O6S. The molecule has 10 heteroatoms. The molecule has 2 aromatic rings. The summed E-state index contributed by atoms with van der Waals surface area (Å²) in [7, 11) is 0.911. The highest BCUT2D eigenvalue weighted by Crippen LogP contribution is 2.36. The monoisotopic (exact) mass is 498 g/mol. The predicted molar refractivity (Wildman–Crippen MR) is 115 cm³/mol. The van der Waals surface area contributed by atoms with Crippen LogP contribution in [0.4, 0.5) is 0 Å². The van der Waals surface area contributed by atoms with Gasteiger partial charge in [0.2, 0.25) is 10.0 Å². The van der Waals surface area contributed by atoms with Crippen LogP contribution in [0, 0.1) is 0 Å². The lowest BCUT2D eigenvalue weighted by atomic mass is 10.1. The standard InChI is InChI=1S/C20H23BrN2O6S/c1-27-15-4-6-16(7-5-15)30(25,26)23-10-8-22(9-11-23)20(24)14-12-17(28-2)19(21)18(13-14)29-3/h4-7,12-13H,8-11H2,1-3H3. The fourth-order valence-electron chi connectivity index (χ4n) is 3.20. The van der Waals surface area contributed by atoms with Gasteiger partial charge < -0.3 is 19.1 Å². The summed E-state index contributed by atoms with van der Waals surface area (Å²) in [6, 6.07) is 9.53. The molecule has 1 saturated heterocycles. The lowest BCUT2D eigenvalue weighted by Crippen LogP contribution is -2.50. The Labute approximate surface area is 184 Å². The first-order valence-corrected chi connectivity index (χ1v) is 11.4. The van der Waals surface area contributed by atoms with E-state index in [-0.39, 0.29) is 37.0 Å². The third kappa shape index (κ3) is 4.40. The summed E-state index contributed by atoms with van der Waals surface area (Å²) in [5.74, 6) is 1.35. The van der Waals surface area contributed by atoms with E-state index >= 15 is 0 Å². The molecule has 0 radical (unpaired) electrons. The van der Waals surface area contributed by atoms with Gasteiger partial charge in [0.15, 0.2) is 0 Å². The highest BCUT2D eigenvalue weighted by molar-refractivity contribution is 9.10. The molecule has 0 N–H and O–H groups in total. The van der Waals surface area contributed by atoms with Gasteiger partial charge in [-0.05, 0) is 52.3 Å². The third-order valence-corrected chi connectivity index (χ3v) is 7.61. The number of ether oxygens (including phenoxy) is 3. The van der Waals surface area contributed by atoms with Crippen LogP contribution in [-0.4, -0.2) is 71.0 Å². The molecule has 162 valence electrons. The number of halogens is 1. The zero-order chi connectivity index (χ0) is 21.9. The molecule has 1 aliphatic heterocycles. The molecular weight excluding hydrogens is 476 g/mol. The van der Waals surface area contributed by atoms with Crippen molar-refractivity contribution in [3.05, 3.63) is 46.4 Å². The lowest BCUT2D eigenvalue weighted by Gasteiger charge is -2.34. The van der Waals surface area contributed by atoms with Crippen LogP contribution in [0.1, 0.15) is 10.4 Å². The molecule has 1 fully saturated rings. The van der Waals surface area contributed by atoms with Crippen LogP contribution in [0.15, 0.2) is 45.8 Å². The number of carbonyl (C=O) groups excluding carboxylic acids is 1. The van der Waals surface area contributed by atoms with Gasteiger partial charge in [-0.1, -0.05) is 0 Å². The number of hydrogen-bond acceptors (Lipinski definition) is 6. The number of piperazine rings is 1. The summed E-state index contributed by atoms with van der Waals surface area (Å²) in [4.78, 5) is 14.8. The third-order valence-electron chi connectivity index (χ3n) is 4.92. The van der Waals surface area contributed by atoms with Gasteiger partial charge in [0, 0.05) is 31.7 Å². The first kappa shape index (κ1) is 22.4. The molecule has 8 nitrogen and oxygen atoms in total. The van der Waals surface area contributed by atoms with Gasteiger partial charge in [0.25, 0.3) is 5.91 Å². The molecule has 1 amide bonds. The van der Waals surface area contributed by atoms with Crippen LogP contribution in [0.25, 0.3) is 0 Å². The van der Waals surface area contributed by atoms with Crippen molar-refractivity contribution in [3.8, 4) is 17.2 Å². The van der Waals surface area contributed by atoms with E-state index in [9.17, 15) is 13.2 Å². The van der Waals surface area contributed by atoms with Crippen molar-refractivity contribution >= 4 is 31.9 Å². The Morgan fingerprint density at radius 2 is 1.43 bits per heavy atom. The van der Waals surface area contributed by atoms with Crippen LogP contribution >= 0.6 is 15.9 Å². The Balaban J connectivity index is 1.72. The van der Waals surface area contributed by atoms with Gasteiger partial charge in [-0.3, -0.25) is 4.79 Å². The second-order valence-corrected chi connectivity index (χ2v) is 9.30. The maximum Gasteiger partial charge on any atom is 0.254 e. The van der Waals surface area contributed by atoms with Crippen molar-refractivity contribution < 1.29 is 27.4 Å². The number of rotatable bonds is 6. The Morgan fingerprint density at radius 1 is 0.900 bits per heavy atom. The van der Waals surface area contributed by atoms with E-state index in [0.717, 1.165) is 0 Å². The van der Waals surface area contributed by atoms with Crippen LogP contribution < -0.4 is 14.2 Å². The van der Waals surface area contributed by atoms with E-state index in [4.69, 9.17) is 14.2 Å². The predicted octanol–water partition coefficient (Wildman–Crippen LogP) is 2.62. The van der Waals surface area contributed by atoms with E-state index in [0.29, 0.717) is 27.3 Å². The molecule has 0 aromatic heterocycles. The summed E-state index contributed by atoms with van der Waals surface area (Å²) < 4.78 is 43.5. The number of sulfonamides is 1. The fraction of sp³-hybridized carbons (Fsp3) is 0.350. The molecule has 30 heavy (non-hydrogen) atoms. The number of benzene rings is 2. The Kier molecular flexibility index (Phi) is 6.89. The quantitative estimate of drug-likeness (QED) is 0.608. The van der Waals surface area contributed by atoms with Crippen molar-refractivity contribution in [2.24, 2.45) is 0 Å². The normalized spacial score (nSPS) is 15.0. The molecule has 3 rings (SSSR count). The van der Waals surface area contributed by atoms with E-state index in [1.54, 1.807) is 29.2 Å². The summed E-state index contributed by atoms with van der Waals surface area (Å²) in [5, 5.41) is 0. The number of amides is 1. The van der Waals surface area contributed by atoms with Gasteiger partial charge in [0.1, 0.15) is 21.7 Å². The van der Waals surface area contributed by atoms with Crippen LogP contribution in [0.3, 0.4) is 0 Å². The largest absolute Gasteiger partial charge is 0.497 e. The van der Waals surface area contributed by atoms with Gasteiger partial charge in [0.05, 0.1) is 26.2 Å². The first-order chi connectivity index (χ1) is 14.3. The van der Waals surface area contributed by atoms with Gasteiger partial charge in [-0.25, -0.2) is 8.42 Å². The number of hydrogen-bond donors (Lipinski definition) is 0. The summed E-state index contributed by atoms with van der Waals surface area (Å²) >= 11 is 3.39. The Hall–Kier alpha value is -2.30. The maximum absolute atomic E-state index is 13.0. The molecule has 0 spiro atoms. The van der Waals surface area contributed by atoms with E-state index in [1.807, 2.05) is 0 Å². The van der Waals surface area contributed by atoms with Crippen molar-refractivity contribution in [1.82, 2.24) is 9.21 Å². The minimum atomic E-state index is -3.63. The average Bonchev–Trinajstić information content (AvgIpc) is 2.78. The first-order valence-electron chi connectivity index (χ1n) is 9.16. The maximum atomic E-state index is 13.0. The molecule has 1 heterocycles. The van der Waals surface area contributed by atoms with Gasteiger partial charge in [-0.2, -0.15) is 4.31 Å². The topological polar surface area (TPSA) is 85.4 Å². The molecule has 2 aromatic carbocycles. The van der Waals surface area contributed by atoms with Crippen LogP contribution in [0.5, 0.6) is 17.2 Å². The van der Waals surface area contributed by atoms with Gasteiger partial charge in [-0.15, -0.1) is 0 Å². The number of nitrogens with zero attached hydrogens (tertiary/aromatic N) is 2. The minimum absolute atomic E-state index is 0.199. The summed E-state index contributed by atoms with van der Waals surface area (Å²) in [6.07, 6.45) is 0. The average molecular weight is 499 g/mol. The second-order valence-electron chi connectivity index (χ2n) is 6.57. The Morgan fingerprint density at radius 3 is 1.90 bits per heavy atom. The van der Waals surface area contributed by atoms with E-state index in [1.165, 1.54) is 37.8 Å². The fourth-order valence-corrected chi connectivity index (χ4v) is 5.18. The summed E-state index contributed by atoms with van der Waals surface area (Å²) in [6.45, 7) is 1.000. The number of methoxy groups -OCH3 is 3. The highest BCUT2D eigenvalue weighted by atomic mass is 79.9. The smallest absolute Gasteiger partial charge is 0.254 e. The second kappa shape index (κ2) is 9.23. The van der Waals surface area contributed by atoms with E-state index < -0.39 is 10.0 Å². The van der Waals surface area contributed by atoms with E-state index in [2.05, 4.69) is 15.9 Å². The Bertz CT molecular complexity index is 993.